The Kier molecular flexibility index (Phi) is 8.39. The van der Waals surface area contributed by atoms with E-state index in [4.69, 9.17) is 14.6 Å². The molecule has 3 aromatic rings. The fraction of sp³-hybridized carbons (Fsp3) is 0.133. The zero-order chi connectivity index (χ0) is 28.8. The molecule has 0 saturated carbocycles. The van der Waals surface area contributed by atoms with Crippen LogP contribution in [0.5, 0.6) is 11.5 Å². The van der Waals surface area contributed by atoms with Gasteiger partial charge in [0.1, 0.15) is 18.0 Å². The molecule has 1 fully saturated rings. The number of barbiturate groups is 1. The molecule has 1 heterocycles. The number of carboxylic acids is 1. The maximum atomic E-state index is 13.8. The van der Waals surface area contributed by atoms with Gasteiger partial charge >= 0.3 is 12.0 Å². The number of ether oxygens (including phenoxy) is 2. The van der Waals surface area contributed by atoms with Crippen LogP contribution in [-0.2, 0) is 22.6 Å². The average molecular weight is 545 g/mol. The SMILES string of the molecule is C=CCc1cc(/C=C2\C(=O)NC(=O)N(c3cccc(F)c3)C2=O)cc(OCC)c1OCc1ccc(C(=O)O)cc1. The summed E-state index contributed by atoms with van der Waals surface area (Å²) >= 11 is 0. The lowest BCUT2D eigenvalue weighted by molar-refractivity contribution is -0.122. The number of aromatic carboxylic acids is 1. The molecule has 1 aliphatic heterocycles. The smallest absolute Gasteiger partial charge is 0.335 e. The van der Waals surface area contributed by atoms with Crippen molar-refractivity contribution in [2.24, 2.45) is 0 Å². The predicted octanol–water partition coefficient (Wildman–Crippen LogP) is 4.90. The molecule has 9 nitrogen and oxygen atoms in total. The van der Waals surface area contributed by atoms with E-state index in [1.54, 1.807) is 37.3 Å². The minimum atomic E-state index is -1.03. The van der Waals surface area contributed by atoms with E-state index in [2.05, 4.69) is 11.9 Å². The lowest BCUT2D eigenvalue weighted by Crippen LogP contribution is -2.54. The fourth-order valence-corrected chi connectivity index (χ4v) is 4.07. The number of amides is 4. The highest BCUT2D eigenvalue weighted by Gasteiger charge is 2.37. The average Bonchev–Trinajstić information content (AvgIpc) is 2.91. The van der Waals surface area contributed by atoms with Gasteiger partial charge in [-0.3, -0.25) is 14.9 Å². The Bertz CT molecular complexity index is 1530. The lowest BCUT2D eigenvalue weighted by Gasteiger charge is -2.26. The van der Waals surface area contributed by atoms with Crippen molar-refractivity contribution in [1.82, 2.24) is 5.32 Å². The lowest BCUT2D eigenvalue weighted by atomic mass is 10.0. The first-order valence-electron chi connectivity index (χ1n) is 12.2. The summed E-state index contributed by atoms with van der Waals surface area (Å²) in [5, 5.41) is 11.2. The minimum absolute atomic E-state index is 0.0246. The molecule has 0 bridgehead atoms. The number of carbonyl (C=O) groups is 4. The normalized spacial score (nSPS) is 14.2. The Morgan fingerprint density at radius 3 is 2.48 bits per heavy atom. The van der Waals surface area contributed by atoms with Crippen molar-refractivity contribution < 1.29 is 38.1 Å². The monoisotopic (exact) mass is 544 g/mol. The van der Waals surface area contributed by atoms with Gasteiger partial charge in [-0.15, -0.1) is 6.58 Å². The van der Waals surface area contributed by atoms with Crippen LogP contribution in [0, 0.1) is 5.82 Å². The van der Waals surface area contributed by atoms with Gasteiger partial charge in [-0.2, -0.15) is 0 Å². The highest BCUT2D eigenvalue weighted by molar-refractivity contribution is 6.39. The highest BCUT2D eigenvalue weighted by atomic mass is 19.1. The molecule has 2 N–H and O–H groups in total. The molecule has 0 unspecified atom stereocenters. The Hall–Kier alpha value is -5.25. The summed E-state index contributed by atoms with van der Waals surface area (Å²) in [6, 6.07) is 13.5. The van der Waals surface area contributed by atoms with Gasteiger partial charge in [0.05, 0.1) is 17.9 Å². The van der Waals surface area contributed by atoms with Gasteiger partial charge in [-0.25, -0.2) is 18.9 Å². The van der Waals surface area contributed by atoms with Gasteiger partial charge < -0.3 is 14.6 Å². The first-order valence-corrected chi connectivity index (χ1v) is 12.2. The second-order valence-electron chi connectivity index (χ2n) is 8.66. The second kappa shape index (κ2) is 12.1. The number of benzene rings is 3. The molecule has 0 atom stereocenters. The third-order valence-electron chi connectivity index (χ3n) is 5.88. The number of hydrogen-bond acceptors (Lipinski definition) is 6. The Balaban J connectivity index is 1.69. The molecule has 10 heteroatoms. The van der Waals surface area contributed by atoms with Crippen molar-refractivity contribution in [3.05, 3.63) is 107 Å². The molecular formula is C30H25FN2O7. The van der Waals surface area contributed by atoms with Crippen LogP contribution in [0.2, 0.25) is 0 Å². The molecule has 204 valence electrons. The van der Waals surface area contributed by atoms with Gasteiger partial charge in [0.15, 0.2) is 11.5 Å². The van der Waals surface area contributed by atoms with E-state index >= 15 is 0 Å². The highest BCUT2D eigenvalue weighted by Crippen LogP contribution is 2.36. The van der Waals surface area contributed by atoms with Crippen molar-refractivity contribution in [3.63, 3.8) is 0 Å². The third kappa shape index (κ3) is 6.07. The number of anilines is 1. The molecule has 0 radical (unpaired) electrons. The van der Waals surface area contributed by atoms with E-state index in [9.17, 15) is 23.6 Å². The van der Waals surface area contributed by atoms with Crippen molar-refractivity contribution in [1.29, 1.82) is 0 Å². The molecule has 1 saturated heterocycles. The summed E-state index contributed by atoms with van der Waals surface area (Å²) < 4.78 is 25.7. The van der Waals surface area contributed by atoms with Gasteiger partial charge in [0.2, 0.25) is 0 Å². The number of nitrogens with zero attached hydrogens (tertiary/aromatic N) is 1. The first kappa shape index (κ1) is 27.8. The molecule has 4 rings (SSSR count). The van der Waals surface area contributed by atoms with Crippen LogP contribution in [0.1, 0.15) is 34.0 Å². The Labute approximate surface area is 229 Å². The third-order valence-corrected chi connectivity index (χ3v) is 5.88. The minimum Gasteiger partial charge on any atom is -0.490 e. The Morgan fingerprint density at radius 2 is 1.82 bits per heavy atom. The van der Waals surface area contributed by atoms with Crippen molar-refractivity contribution in [2.75, 3.05) is 11.5 Å². The van der Waals surface area contributed by atoms with Gasteiger partial charge in [-0.1, -0.05) is 24.3 Å². The number of hydrogen-bond donors (Lipinski definition) is 2. The van der Waals surface area contributed by atoms with Crippen molar-refractivity contribution >= 4 is 35.6 Å². The maximum Gasteiger partial charge on any atom is 0.335 e. The van der Waals surface area contributed by atoms with Gasteiger partial charge in [0, 0.05) is 5.56 Å². The number of halogens is 1. The topological polar surface area (TPSA) is 122 Å². The van der Waals surface area contributed by atoms with E-state index in [0.717, 1.165) is 11.6 Å². The summed E-state index contributed by atoms with van der Waals surface area (Å²) in [4.78, 5) is 50.1. The molecule has 0 aromatic heterocycles. The van der Waals surface area contributed by atoms with Crippen LogP contribution in [0.25, 0.3) is 6.08 Å². The Morgan fingerprint density at radius 1 is 1.07 bits per heavy atom. The summed E-state index contributed by atoms with van der Waals surface area (Å²) in [6.07, 6.45) is 3.33. The molecule has 4 amide bonds. The quantitative estimate of drug-likeness (QED) is 0.212. The van der Waals surface area contributed by atoms with Crippen LogP contribution >= 0.6 is 0 Å². The second-order valence-corrected chi connectivity index (χ2v) is 8.66. The van der Waals surface area contributed by atoms with Crippen LogP contribution in [0.3, 0.4) is 0 Å². The summed E-state index contributed by atoms with van der Waals surface area (Å²) in [6.45, 7) is 5.98. The molecule has 3 aromatic carbocycles. The number of carbonyl (C=O) groups excluding carboxylic acids is 3. The van der Waals surface area contributed by atoms with E-state index in [1.165, 1.54) is 36.4 Å². The van der Waals surface area contributed by atoms with Crippen molar-refractivity contribution in [3.8, 4) is 11.5 Å². The fourth-order valence-electron chi connectivity index (χ4n) is 4.07. The van der Waals surface area contributed by atoms with Crippen LogP contribution < -0.4 is 19.7 Å². The summed E-state index contributed by atoms with van der Waals surface area (Å²) in [7, 11) is 0. The maximum absolute atomic E-state index is 13.8. The number of imide groups is 2. The largest absolute Gasteiger partial charge is 0.490 e. The molecule has 0 spiro atoms. The number of nitrogens with one attached hydrogen (secondary N) is 1. The standard InChI is InChI=1S/C30H25FN2O7/c1-3-6-21-13-19(14-24-27(34)32-30(38)33(28(24)35)23-8-5-7-22(31)16-23)15-25(39-4-2)26(21)40-17-18-9-11-20(12-10-18)29(36)37/h3,5,7-16H,1,4,6,17H2,2H3,(H,36,37)(H,32,34,38)/b24-14+. The summed E-state index contributed by atoms with van der Waals surface area (Å²) in [5.74, 6) is -2.72. The number of urea groups is 1. The van der Waals surface area contributed by atoms with Gasteiger partial charge in [0.25, 0.3) is 11.8 Å². The first-order chi connectivity index (χ1) is 19.2. The van der Waals surface area contributed by atoms with Crippen molar-refractivity contribution in [2.45, 2.75) is 20.0 Å². The molecule has 1 aliphatic rings. The van der Waals surface area contributed by atoms with Crippen LogP contribution in [0.15, 0.2) is 78.9 Å². The number of rotatable bonds is 10. The van der Waals surface area contributed by atoms with E-state index < -0.39 is 29.6 Å². The van der Waals surface area contributed by atoms with Gasteiger partial charge in [-0.05, 0) is 73.0 Å². The zero-order valence-corrected chi connectivity index (χ0v) is 21.5. The predicted molar refractivity (Wildman–Crippen MR) is 145 cm³/mol. The summed E-state index contributed by atoms with van der Waals surface area (Å²) in [5.41, 5.74) is 1.60. The van der Waals surface area contributed by atoms with Crippen LogP contribution in [0.4, 0.5) is 14.9 Å². The van der Waals surface area contributed by atoms with E-state index in [0.29, 0.717) is 40.6 Å². The molecule has 0 aliphatic carbocycles. The zero-order valence-electron chi connectivity index (χ0n) is 21.5. The molecule has 40 heavy (non-hydrogen) atoms. The number of allylic oxidation sites excluding steroid dienone is 1. The van der Waals surface area contributed by atoms with E-state index in [1.807, 2.05) is 0 Å². The van der Waals surface area contributed by atoms with E-state index in [-0.39, 0.29) is 23.4 Å². The number of carboxylic acid groups (broad SMARTS) is 1. The van der Waals surface area contributed by atoms with Crippen LogP contribution in [-0.4, -0.2) is 35.5 Å². The molecular weight excluding hydrogens is 519 g/mol.